The Labute approximate surface area is 180 Å². The number of amidine groups is 1. The van der Waals surface area contributed by atoms with Crippen LogP contribution in [0.5, 0.6) is 0 Å². The molecule has 3 aliphatic heterocycles. The minimum absolute atomic E-state index is 0.0986. The molecule has 0 fully saturated rings. The number of rotatable bonds is 4. The predicted molar refractivity (Wildman–Crippen MR) is 116 cm³/mol. The molecule has 1 spiro atoms. The van der Waals surface area contributed by atoms with Crippen LogP contribution in [-0.4, -0.2) is 44.6 Å². The lowest BCUT2D eigenvalue weighted by atomic mass is 9.69. The highest BCUT2D eigenvalue weighted by Gasteiger charge is 2.61. The second-order valence-electron chi connectivity index (χ2n) is 7.88. The maximum atomic E-state index is 13.1. The number of carbonyl (C=O) groups is 2. The van der Waals surface area contributed by atoms with E-state index < -0.39 is 23.4 Å². The van der Waals surface area contributed by atoms with E-state index in [0.29, 0.717) is 18.9 Å². The van der Waals surface area contributed by atoms with E-state index in [2.05, 4.69) is 34.5 Å². The van der Waals surface area contributed by atoms with E-state index in [1.165, 1.54) is 14.2 Å². The highest BCUT2D eigenvalue weighted by Crippen LogP contribution is 2.54. The zero-order chi connectivity index (χ0) is 21.6. The Bertz CT molecular complexity index is 1120. The van der Waals surface area contributed by atoms with Gasteiger partial charge in [0.25, 0.3) is 0 Å². The van der Waals surface area contributed by atoms with Crippen molar-refractivity contribution in [1.82, 2.24) is 5.32 Å². The number of hydrogen-bond donors (Lipinski definition) is 1. The largest absolute Gasteiger partial charge is 0.466 e. The number of nitrogens with zero attached hydrogens (tertiary/aromatic N) is 2. The second kappa shape index (κ2) is 7.27. The molecule has 7 heteroatoms. The Morgan fingerprint density at radius 2 is 1.77 bits per heavy atom. The zero-order valence-corrected chi connectivity index (χ0v) is 17.4. The highest BCUT2D eigenvalue weighted by molar-refractivity contribution is 6.13. The van der Waals surface area contributed by atoms with Gasteiger partial charge in [-0.3, -0.25) is 4.99 Å². The van der Waals surface area contributed by atoms with E-state index in [4.69, 9.17) is 14.5 Å². The van der Waals surface area contributed by atoms with Gasteiger partial charge in [-0.25, -0.2) is 9.59 Å². The van der Waals surface area contributed by atoms with Crippen molar-refractivity contribution in [3.8, 4) is 0 Å². The number of anilines is 1. The van der Waals surface area contributed by atoms with Crippen LogP contribution in [0.15, 0.2) is 70.9 Å². The molecule has 0 saturated carbocycles. The van der Waals surface area contributed by atoms with Gasteiger partial charge in [0, 0.05) is 18.8 Å². The maximum absolute atomic E-state index is 13.1. The monoisotopic (exact) mass is 417 g/mol. The third-order valence-electron chi connectivity index (χ3n) is 6.45. The van der Waals surface area contributed by atoms with E-state index >= 15 is 0 Å². The summed E-state index contributed by atoms with van der Waals surface area (Å²) in [6.07, 6.45) is 0.733. The Morgan fingerprint density at radius 1 is 1.06 bits per heavy atom. The lowest BCUT2D eigenvalue weighted by Crippen LogP contribution is -2.59. The van der Waals surface area contributed by atoms with Crippen LogP contribution in [0.3, 0.4) is 0 Å². The van der Waals surface area contributed by atoms with Gasteiger partial charge < -0.3 is 19.7 Å². The molecule has 2 atom stereocenters. The molecule has 0 amide bonds. The van der Waals surface area contributed by atoms with Gasteiger partial charge in [0.15, 0.2) is 0 Å². The minimum atomic E-state index is -0.612. The second-order valence-corrected chi connectivity index (χ2v) is 7.88. The van der Waals surface area contributed by atoms with Crippen LogP contribution in [-0.2, 0) is 31.0 Å². The normalized spacial score (nSPS) is 23.4. The number of aliphatic imine (C=N–C) groups is 1. The fraction of sp³-hybridized carbons (Fsp3) is 0.292. The number of methoxy groups -OCH3 is 2. The summed E-state index contributed by atoms with van der Waals surface area (Å²) in [6, 6.07) is 17.8. The Kier molecular flexibility index (Phi) is 4.54. The summed E-state index contributed by atoms with van der Waals surface area (Å²) in [6.45, 7) is 1.18. The molecule has 3 aliphatic rings. The molecule has 1 unspecified atom stereocenters. The van der Waals surface area contributed by atoms with Gasteiger partial charge >= 0.3 is 11.9 Å². The standard InChI is InChI=1S/C24H23N3O4/c1-30-21(28)18-19(22(29)31-2)26-23-24(12-13-25-23)16-10-6-7-11-17(16)27(20(18)24)14-15-8-4-3-5-9-15/h3-11,20H,12-14H2,1-2H3,(H,25,26)/t20?,24-/m0/s1. The fourth-order valence-electron chi connectivity index (χ4n) is 5.20. The number of carbonyl (C=O) groups excluding carboxylic acids is 2. The molecule has 31 heavy (non-hydrogen) atoms. The van der Waals surface area contributed by atoms with Crippen LogP contribution in [0.25, 0.3) is 0 Å². The quantitative estimate of drug-likeness (QED) is 0.769. The molecule has 5 rings (SSSR count). The van der Waals surface area contributed by atoms with E-state index in [-0.39, 0.29) is 11.3 Å². The lowest BCUT2D eigenvalue weighted by Gasteiger charge is -2.42. The molecule has 0 saturated heterocycles. The SMILES string of the molecule is COC(=O)C1=C(C(=O)OC)C2N(Cc3ccccc3)c3ccccc3[C@@]23CCN=C3N1. The number of hydrogen-bond acceptors (Lipinski definition) is 7. The molecule has 0 aromatic heterocycles. The number of nitrogens with one attached hydrogen (secondary N) is 1. The van der Waals surface area contributed by atoms with Gasteiger partial charge in [-0.05, 0) is 23.6 Å². The Hall–Kier alpha value is -3.61. The van der Waals surface area contributed by atoms with Crippen molar-refractivity contribution in [3.63, 3.8) is 0 Å². The van der Waals surface area contributed by atoms with Gasteiger partial charge in [-0.15, -0.1) is 0 Å². The fourth-order valence-corrected chi connectivity index (χ4v) is 5.20. The summed E-state index contributed by atoms with van der Waals surface area (Å²) in [5.41, 5.74) is 3.06. The number of fused-ring (bicyclic) bond motifs is 1. The van der Waals surface area contributed by atoms with Crippen LogP contribution in [0, 0.1) is 0 Å². The molecule has 3 heterocycles. The van der Waals surface area contributed by atoms with Gasteiger partial charge in [-0.2, -0.15) is 0 Å². The van der Waals surface area contributed by atoms with Crippen molar-refractivity contribution >= 4 is 23.5 Å². The summed E-state index contributed by atoms with van der Waals surface area (Å²) in [7, 11) is 2.63. The Balaban J connectivity index is 1.77. The summed E-state index contributed by atoms with van der Waals surface area (Å²) < 4.78 is 10.2. The molecule has 0 bridgehead atoms. The van der Waals surface area contributed by atoms with E-state index in [1.807, 2.05) is 30.3 Å². The highest BCUT2D eigenvalue weighted by atomic mass is 16.5. The summed E-state index contributed by atoms with van der Waals surface area (Å²) >= 11 is 0. The first-order chi connectivity index (χ1) is 15.1. The number of benzene rings is 2. The molecule has 0 radical (unpaired) electrons. The van der Waals surface area contributed by atoms with Crippen LogP contribution < -0.4 is 10.2 Å². The van der Waals surface area contributed by atoms with E-state index in [9.17, 15) is 9.59 Å². The predicted octanol–water partition coefficient (Wildman–Crippen LogP) is 2.32. The molecular weight excluding hydrogens is 394 g/mol. The van der Waals surface area contributed by atoms with Gasteiger partial charge in [0.05, 0.1) is 31.2 Å². The van der Waals surface area contributed by atoms with Crippen molar-refractivity contribution in [2.75, 3.05) is 25.7 Å². The smallest absolute Gasteiger partial charge is 0.355 e. The topological polar surface area (TPSA) is 80.2 Å². The van der Waals surface area contributed by atoms with E-state index in [0.717, 1.165) is 23.2 Å². The van der Waals surface area contributed by atoms with Crippen LogP contribution >= 0.6 is 0 Å². The third-order valence-corrected chi connectivity index (χ3v) is 6.45. The van der Waals surface area contributed by atoms with Gasteiger partial charge in [-0.1, -0.05) is 48.5 Å². The third kappa shape index (κ3) is 2.69. The van der Waals surface area contributed by atoms with Gasteiger partial charge in [0.2, 0.25) is 0 Å². The first-order valence-electron chi connectivity index (χ1n) is 10.2. The van der Waals surface area contributed by atoms with Crippen LogP contribution in [0.4, 0.5) is 5.69 Å². The summed E-state index contributed by atoms with van der Waals surface area (Å²) in [4.78, 5) is 32.7. The molecule has 1 N–H and O–H groups in total. The number of esters is 2. The van der Waals surface area contributed by atoms with Crippen LogP contribution in [0.2, 0.25) is 0 Å². The average molecular weight is 417 g/mol. The van der Waals surface area contributed by atoms with Crippen molar-refractivity contribution in [2.24, 2.45) is 4.99 Å². The van der Waals surface area contributed by atoms with Crippen molar-refractivity contribution < 1.29 is 19.1 Å². The molecule has 0 aliphatic carbocycles. The van der Waals surface area contributed by atoms with Crippen LogP contribution in [0.1, 0.15) is 17.5 Å². The zero-order valence-electron chi connectivity index (χ0n) is 17.4. The molecule has 2 aromatic rings. The average Bonchev–Trinajstić information content (AvgIpc) is 3.36. The van der Waals surface area contributed by atoms with Crippen molar-refractivity contribution in [3.05, 3.63) is 77.0 Å². The van der Waals surface area contributed by atoms with Gasteiger partial charge in [0.1, 0.15) is 11.5 Å². The van der Waals surface area contributed by atoms with E-state index in [1.54, 1.807) is 0 Å². The molecule has 158 valence electrons. The lowest BCUT2D eigenvalue weighted by molar-refractivity contribution is -0.140. The minimum Gasteiger partial charge on any atom is -0.466 e. The summed E-state index contributed by atoms with van der Waals surface area (Å²) in [5.74, 6) is -0.457. The first kappa shape index (κ1) is 19.4. The molecular formula is C24H23N3O4. The number of ether oxygens (including phenoxy) is 2. The Morgan fingerprint density at radius 3 is 2.52 bits per heavy atom. The first-order valence-corrected chi connectivity index (χ1v) is 10.2. The number of para-hydroxylation sites is 1. The molecule has 7 nitrogen and oxygen atoms in total. The maximum Gasteiger partial charge on any atom is 0.355 e. The summed E-state index contributed by atoms with van der Waals surface area (Å²) in [5, 5.41) is 3.15. The molecule has 2 aromatic carbocycles. The van der Waals surface area contributed by atoms with Crippen molar-refractivity contribution in [2.45, 2.75) is 24.4 Å². The van der Waals surface area contributed by atoms with Crippen molar-refractivity contribution in [1.29, 1.82) is 0 Å².